The maximum Gasteiger partial charge on any atom is 0.257 e. The van der Waals surface area contributed by atoms with E-state index in [1.807, 2.05) is 12.1 Å². The Morgan fingerprint density at radius 2 is 1.88 bits per heavy atom. The molecular weight excluding hydrogens is 330 g/mol. The number of imide groups is 1. The number of carbonyl (C=O) groups excluding carboxylic acids is 3. The summed E-state index contributed by atoms with van der Waals surface area (Å²) in [6.07, 6.45) is 5.06. The van der Waals surface area contributed by atoms with E-state index in [1.165, 1.54) is 4.90 Å². The third-order valence-electron chi connectivity index (χ3n) is 4.80. The smallest absolute Gasteiger partial charge is 0.257 e. The standard InChI is InChI=1S/C20H19N3O3/c24-18-11-17(20(26)23(18)16-6-2-1-3-7-16)22(19(25)15-8-9-15)13-14-5-4-10-21-12-14/h1-7,10,12,15,17H,8-9,11,13H2. The minimum atomic E-state index is -0.754. The summed E-state index contributed by atoms with van der Waals surface area (Å²) in [6, 6.07) is 11.8. The van der Waals surface area contributed by atoms with Gasteiger partial charge in [-0.05, 0) is 36.6 Å². The van der Waals surface area contributed by atoms with Crippen molar-refractivity contribution in [3.05, 3.63) is 60.4 Å². The fourth-order valence-electron chi connectivity index (χ4n) is 3.30. The average molecular weight is 349 g/mol. The van der Waals surface area contributed by atoms with E-state index < -0.39 is 6.04 Å². The van der Waals surface area contributed by atoms with E-state index in [4.69, 9.17) is 0 Å². The Labute approximate surface area is 151 Å². The number of anilines is 1. The second kappa shape index (κ2) is 6.71. The molecule has 0 bridgehead atoms. The van der Waals surface area contributed by atoms with Crippen LogP contribution in [0.25, 0.3) is 0 Å². The van der Waals surface area contributed by atoms with Gasteiger partial charge in [-0.25, -0.2) is 4.90 Å². The number of benzene rings is 1. The minimum Gasteiger partial charge on any atom is -0.325 e. The molecule has 1 saturated heterocycles. The predicted octanol–water partition coefficient (Wildman–Crippen LogP) is 2.15. The molecular formula is C20H19N3O3. The highest BCUT2D eigenvalue weighted by Gasteiger charge is 2.46. The first-order chi connectivity index (χ1) is 12.6. The number of hydrogen-bond donors (Lipinski definition) is 0. The molecule has 1 atom stereocenters. The summed E-state index contributed by atoms with van der Waals surface area (Å²) in [4.78, 5) is 45.2. The average Bonchev–Trinajstić information content (AvgIpc) is 3.47. The lowest BCUT2D eigenvalue weighted by Gasteiger charge is -2.27. The van der Waals surface area contributed by atoms with Gasteiger partial charge in [0.25, 0.3) is 5.91 Å². The number of nitrogens with zero attached hydrogens (tertiary/aromatic N) is 3. The summed E-state index contributed by atoms with van der Waals surface area (Å²) < 4.78 is 0. The number of aromatic nitrogens is 1. The molecule has 26 heavy (non-hydrogen) atoms. The molecule has 6 heteroatoms. The number of pyridine rings is 1. The van der Waals surface area contributed by atoms with Crippen LogP contribution in [0.15, 0.2) is 54.9 Å². The van der Waals surface area contributed by atoms with E-state index in [1.54, 1.807) is 47.6 Å². The number of hydrogen-bond acceptors (Lipinski definition) is 4. The second-order valence-electron chi connectivity index (χ2n) is 6.72. The van der Waals surface area contributed by atoms with Crippen LogP contribution >= 0.6 is 0 Å². The van der Waals surface area contributed by atoms with Crippen LogP contribution in [0.3, 0.4) is 0 Å². The third kappa shape index (κ3) is 3.10. The molecule has 1 aromatic heterocycles. The molecule has 0 N–H and O–H groups in total. The number of rotatable bonds is 5. The largest absolute Gasteiger partial charge is 0.325 e. The van der Waals surface area contributed by atoms with Crippen LogP contribution in [-0.2, 0) is 20.9 Å². The van der Waals surface area contributed by atoms with Crippen molar-refractivity contribution >= 4 is 23.4 Å². The van der Waals surface area contributed by atoms with Crippen molar-refractivity contribution in [3.8, 4) is 0 Å². The topological polar surface area (TPSA) is 70.6 Å². The highest BCUT2D eigenvalue weighted by atomic mass is 16.2. The van der Waals surface area contributed by atoms with E-state index in [9.17, 15) is 14.4 Å². The molecule has 1 aromatic carbocycles. The van der Waals surface area contributed by atoms with Crippen LogP contribution in [0.5, 0.6) is 0 Å². The molecule has 4 rings (SSSR count). The van der Waals surface area contributed by atoms with E-state index >= 15 is 0 Å². The Morgan fingerprint density at radius 1 is 1.12 bits per heavy atom. The first kappa shape index (κ1) is 16.4. The molecule has 2 fully saturated rings. The van der Waals surface area contributed by atoms with Crippen LogP contribution in [0.4, 0.5) is 5.69 Å². The lowest BCUT2D eigenvalue weighted by molar-refractivity contribution is -0.140. The predicted molar refractivity (Wildman–Crippen MR) is 94.9 cm³/mol. The fourth-order valence-corrected chi connectivity index (χ4v) is 3.30. The lowest BCUT2D eigenvalue weighted by Crippen LogP contribution is -2.45. The molecule has 132 valence electrons. The van der Waals surface area contributed by atoms with Crippen LogP contribution in [0.2, 0.25) is 0 Å². The van der Waals surface area contributed by atoms with Crippen molar-refractivity contribution in [2.24, 2.45) is 5.92 Å². The Bertz CT molecular complexity index is 834. The second-order valence-corrected chi connectivity index (χ2v) is 6.72. The summed E-state index contributed by atoms with van der Waals surface area (Å²) in [6.45, 7) is 0.287. The SMILES string of the molecule is O=C1CC(N(Cc2cccnc2)C(=O)C2CC2)C(=O)N1c1ccccc1. The van der Waals surface area contributed by atoms with Gasteiger partial charge in [0.2, 0.25) is 11.8 Å². The Kier molecular flexibility index (Phi) is 4.24. The van der Waals surface area contributed by atoms with E-state index in [2.05, 4.69) is 4.98 Å². The first-order valence-corrected chi connectivity index (χ1v) is 8.76. The van der Waals surface area contributed by atoms with E-state index in [-0.39, 0.29) is 36.6 Å². The minimum absolute atomic E-state index is 0.0203. The highest BCUT2D eigenvalue weighted by molar-refractivity contribution is 6.23. The Hall–Kier alpha value is -3.02. The normalized spacial score (nSPS) is 19.7. The van der Waals surface area contributed by atoms with Gasteiger partial charge >= 0.3 is 0 Å². The summed E-state index contributed by atoms with van der Waals surface area (Å²) in [5.41, 5.74) is 1.39. The van der Waals surface area contributed by atoms with E-state index in [0.29, 0.717) is 5.69 Å². The molecule has 2 aliphatic rings. The fraction of sp³-hybridized carbons (Fsp3) is 0.300. The van der Waals surface area contributed by atoms with Gasteiger partial charge in [0, 0.05) is 24.9 Å². The molecule has 2 heterocycles. The zero-order chi connectivity index (χ0) is 18.1. The number of carbonyl (C=O) groups is 3. The van der Waals surface area contributed by atoms with Crippen LogP contribution in [0.1, 0.15) is 24.8 Å². The molecule has 2 aromatic rings. The zero-order valence-corrected chi connectivity index (χ0v) is 14.2. The van der Waals surface area contributed by atoms with Crippen LogP contribution < -0.4 is 4.90 Å². The van der Waals surface area contributed by atoms with Crippen molar-refractivity contribution in [1.82, 2.24) is 9.88 Å². The van der Waals surface area contributed by atoms with Crippen molar-refractivity contribution in [2.75, 3.05) is 4.90 Å². The van der Waals surface area contributed by atoms with Crippen molar-refractivity contribution in [2.45, 2.75) is 31.8 Å². The molecule has 1 aliphatic carbocycles. The summed E-state index contributed by atoms with van der Waals surface area (Å²) in [5, 5.41) is 0. The highest BCUT2D eigenvalue weighted by Crippen LogP contribution is 2.34. The van der Waals surface area contributed by atoms with Gasteiger partial charge < -0.3 is 4.90 Å². The summed E-state index contributed by atoms with van der Waals surface area (Å²) in [5.74, 6) is -0.680. The molecule has 1 saturated carbocycles. The quantitative estimate of drug-likeness (QED) is 0.776. The maximum absolute atomic E-state index is 13.0. The van der Waals surface area contributed by atoms with Gasteiger partial charge in [-0.3, -0.25) is 19.4 Å². The number of amides is 3. The first-order valence-electron chi connectivity index (χ1n) is 8.76. The maximum atomic E-state index is 13.0. The van der Waals surface area contributed by atoms with E-state index in [0.717, 1.165) is 18.4 Å². The molecule has 1 unspecified atom stereocenters. The molecule has 6 nitrogen and oxygen atoms in total. The lowest BCUT2D eigenvalue weighted by atomic mass is 10.1. The monoisotopic (exact) mass is 349 g/mol. The van der Waals surface area contributed by atoms with Gasteiger partial charge in [-0.1, -0.05) is 24.3 Å². The van der Waals surface area contributed by atoms with Gasteiger partial charge in [0.05, 0.1) is 12.1 Å². The molecule has 3 amide bonds. The number of para-hydroxylation sites is 1. The van der Waals surface area contributed by atoms with Crippen molar-refractivity contribution < 1.29 is 14.4 Å². The van der Waals surface area contributed by atoms with Crippen LogP contribution in [-0.4, -0.2) is 33.6 Å². The Morgan fingerprint density at radius 3 is 2.54 bits per heavy atom. The summed E-state index contributed by atoms with van der Waals surface area (Å²) in [7, 11) is 0. The molecule has 0 spiro atoms. The van der Waals surface area contributed by atoms with Crippen molar-refractivity contribution in [1.29, 1.82) is 0 Å². The van der Waals surface area contributed by atoms with Gasteiger partial charge in [-0.2, -0.15) is 0 Å². The summed E-state index contributed by atoms with van der Waals surface area (Å²) >= 11 is 0. The van der Waals surface area contributed by atoms with Gasteiger partial charge in [0.1, 0.15) is 6.04 Å². The van der Waals surface area contributed by atoms with Crippen molar-refractivity contribution in [3.63, 3.8) is 0 Å². The zero-order valence-electron chi connectivity index (χ0n) is 14.2. The Balaban J connectivity index is 1.62. The molecule has 0 radical (unpaired) electrons. The van der Waals surface area contributed by atoms with Crippen LogP contribution in [0, 0.1) is 5.92 Å². The van der Waals surface area contributed by atoms with Gasteiger partial charge in [-0.15, -0.1) is 0 Å². The third-order valence-corrected chi connectivity index (χ3v) is 4.80. The molecule has 1 aliphatic heterocycles. The van der Waals surface area contributed by atoms with Gasteiger partial charge in [0.15, 0.2) is 0 Å².